The van der Waals surface area contributed by atoms with Crippen LogP contribution >= 0.6 is 35.6 Å². The first kappa shape index (κ1) is 20.4. The molecule has 0 bridgehead atoms. The number of rotatable bonds is 6. The van der Waals surface area contributed by atoms with E-state index in [9.17, 15) is 14.9 Å². The third-order valence-electron chi connectivity index (χ3n) is 4.02. The monoisotopic (exact) mass is 419 g/mol. The highest BCUT2D eigenvalue weighted by Crippen LogP contribution is 2.33. The lowest BCUT2D eigenvalue weighted by atomic mass is 10.2. The minimum absolute atomic E-state index is 0. The summed E-state index contributed by atoms with van der Waals surface area (Å²) in [6, 6.07) is 3.82. The van der Waals surface area contributed by atoms with Gasteiger partial charge >= 0.3 is 0 Å². The van der Waals surface area contributed by atoms with E-state index in [-0.39, 0.29) is 51.5 Å². The van der Waals surface area contributed by atoms with Crippen molar-refractivity contribution in [2.24, 2.45) is 11.7 Å². The number of benzene rings is 1. The van der Waals surface area contributed by atoms with Crippen LogP contribution in [0.4, 0.5) is 5.69 Å². The number of nitro groups is 1. The summed E-state index contributed by atoms with van der Waals surface area (Å²) in [4.78, 5) is 22.6. The average molecular weight is 421 g/mol. The molecule has 0 saturated heterocycles. The molecule has 1 atom stereocenters. The van der Waals surface area contributed by atoms with Crippen molar-refractivity contribution < 1.29 is 9.72 Å². The van der Waals surface area contributed by atoms with Gasteiger partial charge in [0.05, 0.1) is 15.0 Å². The van der Waals surface area contributed by atoms with Crippen LogP contribution in [0.5, 0.6) is 0 Å². The Labute approximate surface area is 165 Å². The number of carbonyl (C=O) groups excluding carboxylic acids is 1. The second-order valence-corrected chi connectivity index (χ2v) is 6.63. The number of amides is 1. The lowest BCUT2D eigenvalue weighted by molar-refractivity contribution is -0.384. The second-order valence-electron chi connectivity index (χ2n) is 5.81. The van der Waals surface area contributed by atoms with E-state index in [2.05, 4.69) is 10.4 Å². The largest absolute Gasteiger partial charge is 0.346 e. The molecular formula is C15H16Cl3N5O3. The Bertz CT molecular complexity index is 815. The van der Waals surface area contributed by atoms with Gasteiger partial charge in [0.25, 0.3) is 11.6 Å². The average Bonchev–Trinajstić information content (AvgIpc) is 3.29. The number of nitrogens with zero attached hydrogens (tertiary/aromatic N) is 3. The Morgan fingerprint density at radius 3 is 2.54 bits per heavy atom. The summed E-state index contributed by atoms with van der Waals surface area (Å²) >= 11 is 12.2. The van der Waals surface area contributed by atoms with E-state index in [4.69, 9.17) is 28.9 Å². The first-order chi connectivity index (χ1) is 11.9. The van der Waals surface area contributed by atoms with E-state index in [0.717, 1.165) is 12.8 Å². The van der Waals surface area contributed by atoms with Crippen LogP contribution in [0.3, 0.4) is 0 Å². The predicted molar refractivity (Wildman–Crippen MR) is 101 cm³/mol. The summed E-state index contributed by atoms with van der Waals surface area (Å²) in [5, 5.41) is 18.0. The summed E-state index contributed by atoms with van der Waals surface area (Å²) in [7, 11) is 0. The summed E-state index contributed by atoms with van der Waals surface area (Å²) in [5.74, 6) is 0.0878. The summed E-state index contributed by atoms with van der Waals surface area (Å²) in [6.45, 7) is 0.372. The van der Waals surface area contributed by atoms with Crippen molar-refractivity contribution in [2.75, 3.05) is 6.54 Å². The number of halogens is 3. The minimum atomic E-state index is -0.589. The van der Waals surface area contributed by atoms with Crippen LogP contribution in [-0.4, -0.2) is 33.2 Å². The van der Waals surface area contributed by atoms with Gasteiger partial charge < -0.3 is 11.1 Å². The number of non-ortho nitro benzene ring substituents is 1. The van der Waals surface area contributed by atoms with Crippen molar-refractivity contribution in [1.29, 1.82) is 0 Å². The predicted octanol–water partition coefficient (Wildman–Crippen LogP) is 2.98. The Morgan fingerprint density at radius 2 is 2.04 bits per heavy atom. The number of hydrogen-bond donors (Lipinski definition) is 2. The fourth-order valence-electron chi connectivity index (χ4n) is 2.56. The van der Waals surface area contributed by atoms with Gasteiger partial charge in [-0.15, -0.1) is 12.4 Å². The lowest BCUT2D eigenvalue weighted by Gasteiger charge is -2.14. The zero-order valence-electron chi connectivity index (χ0n) is 13.4. The molecule has 0 spiro atoms. The quantitative estimate of drug-likeness (QED) is 0.550. The lowest BCUT2D eigenvalue weighted by Crippen LogP contribution is -2.41. The van der Waals surface area contributed by atoms with Gasteiger partial charge in [-0.3, -0.25) is 14.9 Å². The van der Waals surface area contributed by atoms with E-state index in [1.807, 2.05) is 0 Å². The molecule has 1 aromatic carbocycles. The zero-order chi connectivity index (χ0) is 18.1. The Kier molecular flexibility index (Phi) is 6.46. The van der Waals surface area contributed by atoms with Crippen LogP contribution < -0.4 is 11.1 Å². The topological polar surface area (TPSA) is 116 Å². The van der Waals surface area contributed by atoms with Crippen LogP contribution in [0.2, 0.25) is 10.0 Å². The van der Waals surface area contributed by atoms with Crippen LogP contribution in [0, 0.1) is 16.0 Å². The third-order valence-corrected chi connectivity index (χ3v) is 4.60. The number of nitrogens with two attached hydrogens (primary N) is 1. The van der Waals surface area contributed by atoms with Gasteiger partial charge in [-0.1, -0.05) is 23.2 Å². The normalized spacial score (nSPS) is 14.4. The molecule has 3 N–H and O–H groups in total. The maximum absolute atomic E-state index is 12.3. The van der Waals surface area contributed by atoms with E-state index >= 15 is 0 Å². The van der Waals surface area contributed by atoms with Crippen LogP contribution in [0.1, 0.15) is 23.3 Å². The SMILES string of the molecule is Cl.NCC(NC(=O)c1ccn(-c2c(Cl)cc([N+](=O)[O-])cc2Cl)n1)C1CC1. The molecule has 1 aromatic heterocycles. The van der Waals surface area contributed by atoms with Crippen molar-refractivity contribution in [3.63, 3.8) is 0 Å². The zero-order valence-corrected chi connectivity index (χ0v) is 15.7. The third kappa shape index (κ3) is 4.27. The fourth-order valence-corrected chi connectivity index (χ4v) is 3.20. The minimum Gasteiger partial charge on any atom is -0.346 e. The Balaban J connectivity index is 0.00000243. The molecule has 26 heavy (non-hydrogen) atoms. The maximum atomic E-state index is 12.3. The van der Waals surface area contributed by atoms with Crippen molar-refractivity contribution in [1.82, 2.24) is 15.1 Å². The maximum Gasteiger partial charge on any atom is 0.272 e. The number of aromatic nitrogens is 2. The smallest absolute Gasteiger partial charge is 0.272 e. The summed E-state index contributed by atoms with van der Waals surface area (Å²) in [5.41, 5.74) is 5.92. The number of nitro benzene ring substituents is 1. The summed E-state index contributed by atoms with van der Waals surface area (Å²) < 4.78 is 1.32. The molecule has 1 saturated carbocycles. The summed E-state index contributed by atoms with van der Waals surface area (Å²) in [6.07, 6.45) is 3.64. The van der Waals surface area contributed by atoms with Gasteiger partial charge in [0.1, 0.15) is 5.69 Å². The highest BCUT2D eigenvalue weighted by molar-refractivity contribution is 6.38. The molecule has 8 nitrogen and oxygen atoms in total. The van der Waals surface area contributed by atoms with Crippen molar-refractivity contribution in [3.8, 4) is 5.69 Å². The molecular weight excluding hydrogens is 405 g/mol. The molecule has 1 unspecified atom stereocenters. The van der Waals surface area contributed by atoms with E-state index in [1.54, 1.807) is 0 Å². The van der Waals surface area contributed by atoms with E-state index in [0.29, 0.717) is 12.5 Å². The van der Waals surface area contributed by atoms with Gasteiger partial charge in [-0.2, -0.15) is 5.10 Å². The van der Waals surface area contributed by atoms with Crippen LogP contribution in [0.15, 0.2) is 24.4 Å². The number of hydrogen-bond acceptors (Lipinski definition) is 5. The first-order valence-corrected chi connectivity index (χ1v) is 8.36. The molecule has 1 amide bonds. The fraction of sp³-hybridized carbons (Fsp3) is 0.333. The molecule has 1 aliphatic carbocycles. The Morgan fingerprint density at radius 1 is 1.42 bits per heavy atom. The molecule has 1 fully saturated rings. The highest BCUT2D eigenvalue weighted by Gasteiger charge is 2.31. The van der Waals surface area contributed by atoms with E-state index < -0.39 is 4.92 Å². The van der Waals surface area contributed by atoms with Crippen molar-refractivity contribution in [2.45, 2.75) is 18.9 Å². The van der Waals surface area contributed by atoms with Gasteiger partial charge in [0, 0.05) is 30.9 Å². The number of carbonyl (C=O) groups is 1. The highest BCUT2D eigenvalue weighted by atomic mass is 35.5. The van der Waals surface area contributed by atoms with E-state index in [1.165, 1.54) is 29.1 Å². The van der Waals surface area contributed by atoms with Gasteiger partial charge in [-0.05, 0) is 24.8 Å². The standard InChI is InChI=1S/C15H15Cl2N5O3.ClH/c16-10-5-9(22(24)25)6-11(17)14(10)21-4-3-12(20-21)15(23)19-13(7-18)8-1-2-8;/h3-6,8,13H,1-2,7,18H2,(H,19,23);1H. The first-order valence-electron chi connectivity index (χ1n) is 7.61. The molecule has 2 aromatic rings. The van der Waals surface area contributed by atoms with Crippen molar-refractivity contribution in [3.05, 3.63) is 50.2 Å². The molecule has 1 aliphatic rings. The molecule has 11 heteroatoms. The van der Waals surface area contributed by atoms with Crippen LogP contribution in [0.25, 0.3) is 5.69 Å². The molecule has 3 rings (SSSR count). The Hall–Kier alpha value is -1.87. The van der Waals surface area contributed by atoms with Crippen LogP contribution in [-0.2, 0) is 0 Å². The molecule has 0 aliphatic heterocycles. The molecule has 1 heterocycles. The van der Waals surface area contributed by atoms with Crippen molar-refractivity contribution >= 4 is 47.2 Å². The number of nitrogens with one attached hydrogen (secondary N) is 1. The second kappa shape index (κ2) is 8.22. The molecule has 0 radical (unpaired) electrons. The van der Waals surface area contributed by atoms with Gasteiger partial charge in [0.15, 0.2) is 5.69 Å². The van der Waals surface area contributed by atoms with Gasteiger partial charge in [-0.25, -0.2) is 4.68 Å². The molecule has 140 valence electrons. The van der Waals surface area contributed by atoms with Gasteiger partial charge in [0.2, 0.25) is 0 Å².